The van der Waals surface area contributed by atoms with Gasteiger partial charge in [0, 0.05) is 11.4 Å². The van der Waals surface area contributed by atoms with Crippen molar-refractivity contribution in [2.24, 2.45) is 0 Å². The Labute approximate surface area is 114 Å². The van der Waals surface area contributed by atoms with E-state index in [0.717, 1.165) is 29.5 Å². The molecule has 96 valence electrons. The molecule has 2 heterocycles. The van der Waals surface area contributed by atoms with E-state index in [9.17, 15) is 4.79 Å². The lowest BCUT2D eigenvalue weighted by molar-refractivity contribution is 0.622. The molecule has 0 amide bonds. The van der Waals surface area contributed by atoms with E-state index in [1.54, 1.807) is 15.9 Å². The predicted octanol–water partition coefficient (Wildman–Crippen LogP) is 3.10. The molecule has 0 fully saturated rings. The fraction of sp³-hybridized carbons (Fsp3) is 0.538. The molecule has 0 radical (unpaired) electrons. The average Bonchev–Trinajstić information content (AvgIpc) is 2.92. The zero-order chi connectivity index (χ0) is 12.7. The van der Waals surface area contributed by atoms with Crippen LogP contribution < -0.4 is 5.56 Å². The van der Waals surface area contributed by atoms with Gasteiger partial charge in [0.05, 0.1) is 11.3 Å². The lowest BCUT2D eigenvalue weighted by atomic mass is 10.2. The van der Waals surface area contributed by atoms with Crippen molar-refractivity contribution >= 4 is 33.2 Å². The van der Waals surface area contributed by atoms with Crippen LogP contribution in [-0.4, -0.2) is 9.55 Å². The second kappa shape index (κ2) is 4.67. The van der Waals surface area contributed by atoms with Crippen LogP contribution in [0.15, 0.2) is 4.79 Å². The Morgan fingerprint density at radius 3 is 3.00 bits per heavy atom. The predicted molar refractivity (Wildman–Crippen MR) is 75.8 cm³/mol. The number of hydrogen-bond donors (Lipinski definition) is 0. The van der Waals surface area contributed by atoms with E-state index in [0.29, 0.717) is 18.2 Å². The van der Waals surface area contributed by atoms with E-state index in [1.807, 2.05) is 0 Å². The molecule has 3 rings (SSSR count). The summed E-state index contributed by atoms with van der Waals surface area (Å²) >= 11 is 7.59. The summed E-state index contributed by atoms with van der Waals surface area (Å²) < 4.78 is 1.75. The highest BCUT2D eigenvalue weighted by molar-refractivity contribution is 7.18. The van der Waals surface area contributed by atoms with E-state index in [1.165, 1.54) is 16.9 Å². The van der Waals surface area contributed by atoms with Crippen molar-refractivity contribution in [2.45, 2.75) is 45.0 Å². The number of halogens is 1. The topological polar surface area (TPSA) is 34.9 Å². The second-order valence-corrected chi connectivity index (χ2v) is 6.01. The molecule has 0 aromatic carbocycles. The van der Waals surface area contributed by atoms with Gasteiger partial charge >= 0.3 is 0 Å². The highest BCUT2D eigenvalue weighted by Gasteiger charge is 2.22. The van der Waals surface area contributed by atoms with E-state index in [4.69, 9.17) is 11.6 Å². The van der Waals surface area contributed by atoms with E-state index < -0.39 is 0 Å². The quantitative estimate of drug-likeness (QED) is 0.811. The summed E-state index contributed by atoms with van der Waals surface area (Å²) in [5, 5.41) is 0.856. The van der Waals surface area contributed by atoms with Crippen molar-refractivity contribution in [1.29, 1.82) is 0 Å². The highest BCUT2D eigenvalue weighted by Crippen LogP contribution is 2.34. The summed E-state index contributed by atoms with van der Waals surface area (Å²) in [7, 11) is 0. The molecule has 2 aromatic rings. The van der Waals surface area contributed by atoms with Crippen molar-refractivity contribution < 1.29 is 0 Å². The Balaban J connectivity index is 2.33. The Morgan fingerprint density at radius 1 is 1.44 bits per heavy atom. The van der Waals surface area contributed by atoms with Crippen molar-refractivity contribution in [3.05, 3.63) is 26.6 Å². The zero-order valence-electron chi connectivity index (χ0n) is 10.3. The maximum atomic E-state index is 12.6. The molecule has 5 heteroatoms. The Morgan fingerprint density at radius 2 is 2.28 bits per heavy atom. The first kappa shape index (κ1) is 12.2. The van der Waals surface area contributed by atoms with E-state index in [-0.39, 0.29) is 5.56 Å². The lowest BCUT2D eigenvalue weighted by Gasteiger charge is -2.09. The molecule has 1 aliphatic carbocycles. The highest BCUT2D eigenvalue weighted by atomic mass is 35.5. The number of thiophene rings is 1. The van der Waals surface area contributed by atoms with Gasteiger partial charge in [0.2, 0.25) is 0 Å². The number of fused-ring (bicyclic) bond motifs is 3. The first-order valence-electron chi connectivity index (χ1n) is 6.36. The summed E-state index contributed by atoms with van der Waals surface area (Å²) in [6.45, 7) is 2.77. The molecule has 0 bridgehead atoms. The Hall–Kier alpha value is -0.870. The van der Waals surface area contributed by atoms with Gasteiger partial charge in [-0.2, -0.15) is 0 Å². The van der Waals surface area contributed by atoms with Gasteiger partial charge in [0.15, 0.2) is 0 Å². The molecule has 0 unspecified atom stereocenters. The van der Waals surface area contributed by atoms with Gasteiger partial charge in [0.25, 0.3) is 5.56 Å². The van der Waals surface area contributed by atoms with Crippen molar-refractivity contribution in [3.8, 4) is 0 Å². The fourth-order valence-electron chi connectivity index (χ4n) is 2.68. The summed E-state index contributed by atoms with van der Waals surface area (Å²) in [6.07, 6.45) is 4.21. The minimum absolute atomic E-state index is 0.108. The van der Waals surface area contributed by atoms with Gasteiger partial charge in [-0.15, -0.1) is 22.9 Å². The van der Waals surface area contributed by atoms with Crippen LogP contribution in [0.25, 0.3) is 10.2 Å². The lowest BCUT2D eigenvalue weighted by Crippen LogP contribution is -2.24. The molecule has 0 saturated carbocycles. The zero-order valence-corrected chi connectivity index (χ0v) is 11.9. The molecule has 0 N–H and O–H groups in total. The molecular formula is C13H15ClN2OS. The first-order chi connectivity index (χ1) is 8.76. The van der Waals surface area contributed by atoms with Gasteiger partial charge in [-0.3, -0.25) is 9.36 Å². The minimum atomic E-state index is 0.108. The summed E-state index contributed by atoms with van der Waals surface area (Å²) in [4.78, 5) is 19.4. The van der Waals surface area contributed by atoms with Crippen LogP contribution >= 0.6 is 22.9 Å². The number of aromatic nitrogens is 2. The molecule has 18 heavy (non-hydrogen) atoms. The smallest absolute Gasteiger partial charge is 0.262 e. The third-order valence-corrected chi connectivity index (χ3v) is 4.90. The number of aryl methyl sites for hydroxylation is 2. The fourth-order valence-corrected chi connectivity index (χ4v) is 4.15. The second-order valence-electron chi connectivity index (χ2n) is 4.66. The van der Waals surface area contributed by atoms with Crippen molar-refractivity contribution in [1.82, 2.24) is 9.55 Å². The van der Waals surface area contributed by atoms with Gasteiger partial charge in [-0.25, -0.2) is 4.98 Å². The minimum Gasteiger partial charge on any atom is -0.295 e. The molecule has 0 spiro atoms. The summed E-state index contributed by atoms with van der Waals surface area (Å²) in [6, 6.07) is 0. The first-order valence-corrected chi connectivity index (χ1v) is 7.71. The molecule has 0 atom stereocenters. The molecule has 2 aromatic heterocycles. The molecule has 0 aliphatic heterocycles. The Kier molecular flexibility index (Phi) is 3.16. The van der Waals surface area contributed by atoms with Crippen LogP contribution in [0, 0.1) is 0 Å². The summed E-state index contributed by atoms with van der Waals surface area (Å²) in [5.41, 5.74) is 1.36. The van der Waals surface area contributed by atoms with Crippen molar-refractivity contribution in [2.75, 3.05) is 0 Å². The van der Waals surface area contributed by atoms with Crippen LogP contribution in [0.3, 0.4) is 0 Å². The van der Waals surface area contributed by atoms with E-state index >= 15 is 0 Å². The van der Waals surface area contributed by atoms with E-state index in [2.05, 4.69) is 11.9 Å². The Bertz CT molecular complexity index is 659. The van der Waals surface area contributed by atoms with Gasteiger partial charge in [0.1, 0.15) is 10.7 Å². The third-order valence-electron chi connectivity index (χ3n) is 3.47. The van der Waals surface area contributed by atoms with Crippen LogP contribution in [0.4, 0.5) is 0 Å². The van der Waals surface area contributed by atoms with Gasteiger partial charge in [-0.1, -0.05) is 6.92 Å². The largest absolute Gasteiger partial charge is 0.295 e. The third kappa shape index (κ3) is 1.70. The van der Waals surface area contributed by atoms with Gasteiger partial charge < -0.3 is 0 Å². The van der Waals surface area contributed by atoms with Crippen molar-refractivity contribution in [3.63, 3.8) is 0 Å². The maximum absolute atomic E-state index is 12.6. The van der Waals surface area contributed by atoms with Crippen LogP contribution in [-0.2, 0) is 25.3 Å². The summed E-state index contributed by atoms with van der Waals surface area (Å²) in [5.74, 6) is 1.00. The number of rotatable bonds is 3. The van der Waals surface area contributed by atoms with Gasteiger partial charge in [-0.05, 0) is 31.2 Å². The number of hydrogen-bond acceptors (Lipinski definition) is 3. The average molecular weight is 283 g/mol. The van der Waals surface area contributed by atoms with Crippen LogP contribution in [0.5, 0.6) is 0 Å². The number of nitrogens with zero attached hydrogens (tertiary/aromatic N) is 2. The van der Waals surface area contributed by atoms with Crippen LogP contribution in [0.1, 0.15) is 36.0 Å². The molecule has 3 nitrogen and oxygen atoms in total. The molecular weight excluding hydrogens is 268 g/mol. The molecule has 0 saturated heterocycles. The SMILES string of the molecule is CCCn1c(CCl)nc2sc3c(c2c1=O)CCC3. The monoisotopic (exact) mass is 282 g/mol. The molecule has 1 aliphatic rings. The van der Waals surface area contributed by atoms with Crippen LogP contribution in [0.2, 0.25) is 0 Å². The standard InChI is InChI=1S/C13H15ClN2OS/c1-2-6-16-10(7-14)15-12-11(13(16)17)8-4-3-5-9(8)18-12/h2-7H2,1H3. The maximum Gasteiger partial charge on any atom is 0.262 e. The number of alkyl halides is 1. The normalized spacial score (nSPS) is 14.3.